The van der Waals surface area contributed by atoms with Gasteiger partial charge in [-0.3, -0.25) is 0 Å². The molecule has 0 nitrogen and oxygen atoms in total. The highest BCUT2D eigenvalue weighted by Crippen LogP contribution is 2.51. The molecule has 0 radical (unpaired) electrons. The highest BCUT2D eigenvalue weighted by atomic mass is 33.1. The van der Waals surface area contributed by atoms with Crippen molar-refractivity contribution in [3.63, 3.8) is 0 Å². The van der Waals surface area contributed by atoms with Crippen molar-refractivity contribution in [1.82, 2.24) is 0 Å². The van der Waals surface area contributed by atoms with Gasteiger partial charge in [-0.25, -0.2) is 0 Å². The molecule has 1 heterocycles. The van der Waals surface area contributed by atoms with Crippen LogP contribution in [0.4, 0.5) is 0 Å². The van der Waals surface area contributed by atoms with E-state index >= 15 is 0 Å². The van der Waals surface area contributed by atoms with Gasteiger partial charge in [0.1, 0.15) is 0 Å². The van der Waals surface area contributed by atoms with Gasteiger partial charge < -0.3 is 0 Å². The summed E-state index contributed by atoms with van der Waals surface area (Å²) in [6.07, 6.45) is 1.20. The Kier molecular flexibility index (Phi) is 3.52. The Morgan fingerprint density at radius 3 is 2.54 bits per heavy atom. The molecule has 0 bridgehead atoms. The third-order valence-corrected chi connectivity index (χ3v) is 7.38. The Morgan fingerprint density at radius 1 is 1.15 bits per heavy atom. The van der Waals surface area contributed by atoms with E-state index in [2.05, 4.69) is 49.0 Å². The zero-order valence-electron chi connectivity index (χ0n) is 7.47. The van der Waals surface area contributed by atoms with Gasteiger partial charge in [0.15, 0.2) is 0 Å². The zero-order valence-corrected chi connectivity index (χ0v) is 9.92. The summed E-state index contributed by atoms with van der Waals surface area (Å²) in [5.41, 5.74) is 1.46. The molecule has 1 fully saturated rings. The van der Waals surface area contributed by atoms with Crippen LogP contribution in [-0.4, -0.2) is 9.16 Å². The third kappa shape index (κ3) is 2.86. The van der Waals surface area contributed by atoms with Crippen molar-refractivity contribution < 1.29 is 0 Å². The van der Waals surface area contributed by atoms with Gasteiger partial charge in [-0.2, -0.15) is 0 Å². The maximum absolute atomic E-state index is 2.29. The summed E-state index contributed by atoms with van der Waals surface area (Å²) in [5.74, 6) is 0. The minimum absolute atomic E-state index is 0.752. The van der Waals surface area contributed by atoms with Gasteiger partial charge in [-0.05, 0) is 18.9 Å². The standard InChI is InChI=1S/C10H12S3/c1-8-11-10(13-12-8)7-9-5-3-2-4-6-9/h2-6,8,10H,7H2,1H3. The third-order valence-electron chi connectivity index (χ3n) is 1.89. The smallest absolute Gasteiger partial charge is 0.0658 e. The summed E-state index contributed by atoms with van der Waals surface area (Å²) in [4.78, 5) is 0. The Morgan fingerprint density at radius 2 is 1.92 bits per heavy atom. The lowest BCUT2D eigenvalue weighted by molar-refractivity contribution is 1.11. The number of thioether (sulfide) groups is 1. The second-order valence-corrected chi connectivity index (χ2v) is 7.98. The maximum Gasteiger partial charge on any atom is 0.0658 e. The van der Waals surface area contributed by atoms with Crippen molar-refractivity contribution in [2.45, 2.75) is 22.5 Å². The molecule has 1 aliphatic heterocycles. The van der Waals surface area contributed by atoms with Gasteiger partial charge in [-0.1, -0.05) is 51.9 Å². The van der Waals surface area contributed by atoms with Gasteiger partial charge in [-0.15, -0.1) is 11.8 Å². The number of benzene rings is 1. The lowest BCUT2D eigenvalue weighted by atomic mass is 10.2. The Balaban J connectivity index is 1.92. The molecular weight excluding hydrogens is 216 g/mol. The van der Waals surface area contributed by atoms with Crippen molar-refractivity contribution in [2.24, 2.45) is 0 Å². The lowest BCUT2D eigenvalue weighted by Gasteiger charge is -2.06. The summed E-state index contributed by atoms with van der Waals surface area (Å²) >= 11 is 2.09. The molecule has 0 N–H and O–H groups in total. The first-order chi connectivity index (χ1) is 6.34. The largest absolute Gasteiger partial charge is 0.131 e. The Hall–Kier alpha value is 0.270. The molecule has 1 aromatic rings. The van der Waals surface area contributed by atoms with E-state index in [1.54, 1.807) is 0 Å². The second-order valence-electron chi connectivity index (χ2n) is 3.02. The van der Waals surface area contributed by atoms with E-state index in [1.165, 1.54) is 12.0 Å². The van der Waals surface area contributed by atoms with Crippen molar-refractivity contribution in [2.75, 3.05) is 0 Å². The molecule has 1 saturated heterocycles. The molecule has 2 rings (SSSR count). The first-order valence-electron chi connectivity index (χ1n) is 4.36. The molecule has 13 heavy (non-hydrogen) atoms. The number of rotatable bonds is 2. The zero-order chi connectivity index (χ0) is 9.10. The van der Waals surface area contributed by atoms with Crippen LogP contribution >= 0.6 is 33.3 Å². The molecular formula is C10H12S3. The first-order valence-corrected chi connectivity index (χ1v) is 7.58. The average molecular weight is 228 g/mol. The van der Waals surface area contributed by atoms with Crippen LogP contribution in [0.25, 0.3) is 0 Å². The van der Waals surface area contributed by atoms with E-state index in [9.17, 15) is 0 Å². The molecule has 2 atom stereocenters. The van der Waals surface area contributed by atoms with Crippen LogP contribution in [0.1, 0.15) is 12.5 Å². The fraction of sp³-hybridized carbons (Fsp3) is 0.400. The van der Waals surface area contributed by atoms with Gasteiger partial charge in [0.05, 0.1) is 9.16 Å². The molecule has 1 aliphatic rings. The molecule has 0 aliphatic carbocycles. The summed E-state index contributed by atoms with van der Waals surface area (Å²) < 4.78 is 1.51. The molecule has 0 aromatic heterocycles. The molecule has 3 heteroatoms. The fourth-order valence-corrected chi connectivity index (χ4v) is 6.70. The quantitative estimate of drug-likeness (QED) is 0.701. The van der Waals surface area contributed by atoms with E-state index in [0.29, 0.717) is 0 Å². The van der Waals surface area contributed by atoms with Crippen LogP contribution in [0.5, 0.6) is 0 Å². The summed E-state index contributed by atoms with van der Waals surface area (Å²) in [5, 5.41) is 0. The predicted molar refractivity (Wildman–Crippen MR) is 66.2 cm³/mol. The minimum Gasteiger partial charge on any atom is -0.131 e. The molecule has 1 aromatic carbocycles. The monoisotopic (exact) mass is 228 g/mol. The summed E-state index contributed by atoms with van der Waals surface area (Å²) in [6, 6.07) is 10.8. The summed E-state index contributed by atoms with van der Waals surface area (Å²) in [7, 11) is 4.03. The van der Waals surface area contributed by atoms with Crippen LogP contribution < -0.4 is 0 Å². The average Bonchev–Trinajstić information content (AvgIpc) is 2.53. The molecule has 2 unspecified atom stereocenters. The Bertz CT molecular complexity index is 260. The van der Waals surface area contributed by atoms with E-state index in [4.69, 9.17) is 0 Å². The normalized spacial score (nSPS) is 27.8. The van der Waals surface area contributed by atoms with Crippen molar-refractivity contribution in [1.29, 1.82) is 0 Å². The second kappa shape index (κ2) is 4.67. The van der Waals surface area contributed by atoms with Crippen molar-refractivity contribution >= 4 is 33.3 Å². The first kappa shape index (κ1) is 9.81. The predicted octanol–water partition coefficient (Wildman–Crippen LogP) is 4.03. The van der Waals surface area contributed by atoms with Crippen molar-refractivity contribution in [3.8, 4) is 0 Å². The molecule has 0 amide bonds. The van der Waals surface area contributed by atoms with Crippen LogP contribution in [-0.2, 0) is 6.42 Å². The lowest BCUT2D eigenvalue weighted by Crippen LogP contribution is -1.98. The van der Waals surface area contributed by atoms with E-state index in [-0.39, 0.29) is 0 Å². The maximum atomic E-state index is 2.29. The Labute approximate surface area is 91.7 Å². The highest BCUT2D eigenvalue weighted by Gasteiger charge is 2.23. The van der Waals surface area contributed by atoms with E-state index < -0.39 is 0 Å². The number of hydrogen-bond donors (Lipinski definition) is 0. The molecule has 0 spiro atoms. The summed E-state index contributed by atoms with van der Waals surface area (Å²) in [6.45, 7) is 2.29. The van der Waals surface area contributed by atoms with Gasteiger partial charge in [0.2, 0.25) is 0 Å². The van der Waals surface area contributed by atoms with E-state index in [1.807, 2.05) is 21.6 Å². The van der Waals surface area contributed by atoms with Crippen LogP contribution in [0, 0.1) is 0 Å². The highest BCUT2D eigenvalue weighted by molar-refractivity contribution is 8.82. The fourth-order valence-electron chi connectivity index (χ4n) is 1.29. The topological polar surface area (TPSA) is 0 Å². The molecule has 70 valence electrons. The van der Waals surface area contributed by atoms with Crippen molar-refractivity contribution in [3.05, 3.63) is 35.9 Å². The van der Waals surface area contributed by atoms with Crippen LogP contribution in [0.3, 0.4) is 0 Å². The SMILES string of the molecule is CC1SSC(Cc2ccccc2)S1. The molecule has 0 saturated carbocycles. The minimum atomic E-state index is 0.752. The van der Waals surface area contributed by atoms with Gasteiger partial charge in [0.25, 0.3) is 0 Å². The van der Waals surface area contributed by atoms with Gasteiger partial charge in [0, 0.05) is 0 Å². The van der Waals surface area contributed by atoms with Gasteiger partial charge >= 0.3 is 0 Å². The van der Waals surface area contributed by atoms with E-state index in [0.717, 1.165) is 9.16 Å². The van der Waals surface area contributed by atoms with Crippen LogP contribution in [0.15, 0.2) is 30.3 Å². The number of hydrogen-bond acceptors (Lipinski definition) is 3. The van der Waals surface area contributed by atoms with Crippen LogP contribution in [0.2, 0.25) is 0 Å².